The number of hydrogen-bond acceptors (Lipinski definition) is 4. The Morgan fingerprint density at radius 1 is 1.00 bits per heavy atom. The number of halogens is 5. The van der Waals surface area contributed by atoms with E-state index in [2.05, 4.69) is 21.3 Å². The second kappa shape index (κ2) is 10.3. The van der Waals surface area contributed by atoms with Crippen molar-refractivity contribution in [3.8, 4) is 0 Å². The Labute approximate surface area is 203 Å². The second-order valence-corrected chi connectivity index (χ2v) is 8.23. The summed E-state index contributed by atoms with van der Waals surface area (Å²) in [5, 5.41) is 17.4. The molecule has 36 heavy (non-hydrogen) atoms. The fraction of sp³-hybridized carbons (Fsp3) is 0.292. The zero-order chi connectivity index (χ0) is 26.7. The normalized spacial score (nSPS) is 14.1. The predicted molar refractivity (Wildman–Crippen MR) is 126 cm³/mol. The molecule has 0 atom stereocenters. The Hall–Kier alpha value is -3.96. The molecule has 1 aliphatic carbocycles. The van der Waals surface area contributed by atoms with Crippen molar-refractivity contribution in [2.75, 3.05) is 17.7 Å². The molecule has 0 aliphatic heterocycles. The quantitative estimate of drug-likeness (QED) is 0.246. The number of carbonyl (C=O) groups excluding carboxylic acids is 2. The number of amides is 3. The molecule has 192 valence electrons. The van der Waals surface area contributed by atoms with E-state index in [0.29, 0.717) is 18.5 Å². The maximum Gasteiger partial charge on any atom is 0.416 e. The summed E-state index contributed by atoms with van der Waals surface area (Å²) in [6, 6.07) is 5.80. The topological polar surface area (TPSA) is 106 Å². The molecule has 1 aliphatic rings. The summed E-state index contributed by atoms with van der Waals surface area (Å²) < 4.78 is 68.7. The van der Waals surface area contributed by atoms with E-state index in [0.717, 1.165) is 30.3 Å². The van der Waals surface area contributed by atoms with Crippen molar-refractivity contribution in [3.05, 3.63) is 65.2 Å². The summed E-state index contributed by atoms with van der Waals surface area (Å²) in [6.45, 7) is 1.48. The first-order chi connectivity index (χ1) is 16.8. The first kappa shape index (κ1) is 26.6. The number of allylic oxidation sites excluding steroid dienone is 1. The van der Waals surface area contributed by atoms with E-state index < -0.39 is 35.2 Å². The summed E-state index contributed by atoms with van der Waals surface area (Å²) in [5.74, 6) is -5.38. The van der Waals surface area contributed by atoms with Gasteiger partial charge in [0.1, 0.15) is 0 Å². The van der Waals surface area contributed by atoms with Crippen molar-refractivity contribution < 1.29 is 31.5 Å². The van der Waals surface area contributed by atoms with Gasteiger partial charge in [-0.1, -0.05) is 18.2 Å². The molecule has 0 spiro atoms. The zero-order valence-corrected chi connectivity index (χ0v) is 19.3. The molecule has 0 aromatic heterocycles. The van der Waals surface area contributed by atoms with E-state index in [9.17, 15) is 31.5 Å². The minimum absolute atomic E-state index is 0.122. The average molecular weight is 509 g/mol. The van der Waals surface area contributed by atoms with E-state index in [1.807, 2.05) is 0 Å². The maximum atomic E-state index is 14.9. The lowest BCUT2D eigenvalue weighted by molar-refractivity contribution is -0.147. The van der Waals surface area contributed by atoms with Crippen LogP contribution in [0, 0.1) is 5.41 Å². The monoisotopic (exact) mass is 509 g/mol. The van der Waals surface area contributed by atoms with E-state index in [1.54, 1.807) is 0 Å². The number of anilines is 2. The molecule has 0 bridgehead atoms. The van der Waals surface area contributed by atoms with Crippen LogP contribution in [-0.2, 0) is 16.9 Å². The summed E-state index contributed by atoms with van der Waals surface area (Å²) in [7, 11) is 1.52. The van der Waals surface area contributed by atoms with Gasteiger partial charge in [-0.2, -0.15) is 22.0 Å². The molecule has 1 fully saturated rings. The summed E-state index contributed by atoms with van der Waals surface area (Å²) in [5.41, 5.74) is -1.37. The number of benzene rings is 2. The van der Waals surface area contributed by atoms with Gasteiger partial charge in [-0.25, -0.2) is 4.79 Å². The van der Waals surface area contributed by atoms with E-state index in [-0.39, 0.29) is 28.7 Å². The van der Waals surface area contributed by atoms with Crippen LogP contribution in [-0.4, -0.2) is 30.7 Å². The Morgan fingerprint density at radius 3 is 2.28 bits per heavy atom. The highest BCUT2D eigenvalue weighted by molar-refractivity contribution is 6.03. The van der Waals surface area contributed by atoms with Crippen LogP contribution in [0.15, 0.2) is 48.5 Å². The lowest BCUT2D eigenvalue weighted by atomic mass is 10.0. The van der Waals surface area contributed by atoms with Gasteiger partial charge >= 0.3 is 18.1 Å². The van der Waals surface area contributed by atoms with Crippen molar-refractivity contribution in [2.24, 2.45) is 0 Å². The number of hydrogen-bond donors (Lipinski definition) is 5. The second-order valence-electron chi connectivity index (χ2n) is 8.23. The molecule has 3 rings (SSSR count). The smallest absolute Gasteiger partial charge is 0.388 e. The Morgan fingerprint density at radius 2 is 1.69 bits per heavy atom. The molecule has 2 aromatic carbocycles. The highest BCUT2D eigenvalue weighted by Crippen LogP contribution is 2.35. The maximum absolute atomic E-state index is 14.9. The van der Waals surface area contributed by atoms with Crippen LogP contribution in [0.4, 0.5) is 38.1 Å². The fourth-order valence-corrected chi connectivity index (χ4v) is 3.27. The molecule has 12 heteroatoms. The van der Waals surface area contributed by atoms with E-state index in [4.69, 9.17) is 5.41 Å². The molecule has 0 saturated heterocycles. The third-order valence-electron chi connectivity index (χ3n) is 5.20. The highest BCUT2D eigenvalue weighted by atomic mass is 19.4. The van der Waals surface area contributed by atoms with Crippen molar-refractivity contribution in [2.45, 2.75) is 37.9 Å². The van der Waals surface area contributed by atoms with Crippen molar-refractivity contribution in [1.82, 2.24) is 10.6 Å². The van der Waals surface area contributed by atoms with Gasteiger partial charge < -0.3 is 26.7 Å². The number of nitrogens with one attached hydrogen (secondary N) is 5. The number of urea groups is 1. The predicted octanol–water partition coefficient (Wildman–Crippen LogP) is 5.32. The third kappa shape index (κ3) is 6.58. The van der Waals surface area contributed by atoms with Crippen LogP contribution in [0.3, 0.4) is 0 Å². The van der Waals surface area contributed by atoms with Crippen LogP contribution in [0.1, 0.15) is 36.5 Å². The van der Waals surface area contributed by atoms with Crippen molar-refractivity contribution in [3.63, 3.8) is 0 Å². The highest BCUT2D eigenvalue weighted by Gasteiger charge is 2.43. The van der Waals surface area contributed by atoms with E-state index in [1.165, 1.54) is 32.2 Å². The van der Waals surface area contributed by atoms with Gasteiger partial charge in [0.15, 0.2) is 0 Å². The lowest BCUT2D eigenvalue weighted by Crippen LogP contribution is -2.39. The minimum Gasteiger partial charge on any atom is -0.388 e. The molecule has 2 aromatic rings. The number of carbonyl (C=O) groups is 2. The standard InChI is InChI=1S/C24H24F5N5O2/c1-13(30)10-19(31-2)18-9-6-14(23(25,26)21(35)32-16-7-8-16)12-20(18)34-22(36)33-17-5-3-4-15(11-17)24(27,28)29/h3-6,9-12,16,30-31H,7-8H2,1-2H3,(H,32,35)(H2,33,34,36)/b19-10-,30-13?. The van der Waals surface area contributed by atoms with Gasteiger partial charge in [0.05, 0.1) is 11.3 Å². The van der Waals surface area contributed by atoms with Gasteiger partial charge in [0.2, 0.25) is 0 Å². The number of rotatable bonds is 8. The van der Waals surface area contributed by atoms with Gasteiger partial charge in [-0.15, -0.1) is 0 Å². The largest absolute Gasteiger partial charge is 0.416 e. The molecule has 5 N–H and O–H groups in total. The Bertz CT molecular complexity index is 1210. The first-order valence-electron chi connectivity index (χ1n) is 10.8. The SMILES string of the molecule is CN/C(=C\C(C)=N)c1ccc(C(F)(F)C(=O)NC2CC2)cc1NC(=O)Nc1cccc(C(F)(F)F)c1. The minimum atomic E-state index is -4.63. The molecule has 3 amide bonds. The van der Waals surface area contributed by atoms with Crippen molar-refractivity contribution in [1.29, 1.82) is 5.41 Å². The van der Waals surface area contributed by atoms with Gasteiger partial charge in [-0.3, -0.25) is 4.79 Å². The molecule has 1 saturated carbocycles. The van der Waals surface area contributed by atoms with Crippen LogP contribution >= 0.6 is 0 Å². The number of alkyl halides is 5. The Kier molecular flexibility index (Phi) is 7.65. The van der Waals surface area contributed by atoms with E-state index >= 15 is 0 Å². The molecular weight excluding hydrogens is 485 g/mol. The summed E-state index contributed by atoms with van der Waals surface area (Å²) >= 11 is 0. The zero-order valence-electron chi connectivity index (χ0n) is 19.3. The van der Waals surface area contributed by atoms with Gasteiger partial charge in [-0.05, 0) is 50.1 Å². The fourth-order valence-electron chi connectivity index (χ4n) is 3.27. The average Bonchev–Trinajstić information content (AvgIpc) is 3.61. The first-order valence-corrected chi connectivity index (χ1v) is 10.8. The molecule has 7 nitrogen and oxygen atoms in total. The summed E-state index contributed by atoms with van der Waals surface area (Å²) in [6.07, 6.45) is -2.01. The van der Waals surface area contributed by atoms with Crippen LogP contribution < -0.4 is 21.3 Å². The Balaban J connectivity index is 1.94. The van der Waals surface area contributed by atoms with Gasteiger partial charge in [0.25, 0.3) is 5.91 Å². The van der Waals surface area contributed by atoms with Crippen LogP contribution in [0.25, 0.3) is 5.70 Å². The van der Waals surface area contributed by atoms with Crippen LogP contribution in [0.5, 0.6) is 0 Å². The van der Waals surface area contributed by atoms with Gasteiger partial charge in [0, 0.05) is 41.3 Å². The molecule has 0 heterocycles. The molecular formula is C24H24F5N5O2. The lowest BCUT2D eigenvalue weighted by Gasteiger charge is -2.20. The summed E-state index contributed by atoms with van der Waals surface area (Å²) in [4.78, 5) is 24.7. The van der Waals surface area contributed by atoms with Crippen molar-refractivity contribution >= 4 is 34.7 Å². The third-order valence-corrected chi connectivity index (χ3v) is 5.20. The van der Waals surface area contributed by atoms with Crippen LogP contribution in [0.2, 0.25) is 0 Å². The molecule has 0 unspecified atom stereocenters. The molecule has 0 radical (unpaired) electrons.